The van der Waals surface area contributed by atoms with E-state index < -0.39 is 11.5 Å². The Kier molecular flexibility index (Phi) is 3.80. The SMILES string of the molecule is CN(Cc1cccs1)C(=O)NC(C)(C(=O)O)C1CC1. The predicted molar refractivity (Wildman–Crippen MR) is 73.1 cm³/mol. The van der Waals surface area contributed by atoms with E-state index in [1.165, 1.54) is 4.90 Å². The van der Waals surface area contributed by atoms with Crippen molar-refractivity contribution in [3.05, 3.63) is 22.4 Å². The van der Waals surface area contributed by atoms with Gasteiger partial charge in [-0.05, 0) is 37.1 Å². The molecule has 0 saturated heterocycles. The predicted octanol–water partition coefficient (Wildman–Crippen LogP) is 2.14. The van der Waals surface area contributed by atoms with Gasteiger partial charge in [-0.25, -0.2) is 9.59 Å². The molecule has 1 heterocycles. The zero-order valence-corrected chi connectivity index (χ0v) is 11.9. The molecule has 0 aromatic carbocycles. The highest BCUT2D eigenvalue weighted by Gasteiger charge is 2.48. The average molecular weight is 282 g/mol. The zero-order valence-electron chi connectivity index (χ0n) is 11.0. The van der Waals surface area contributed by atoms with E-state index in [1.807, 2.05) is 17.5 Å². The largest absolute Gasteiger partial charge is 0.480 e. The molecule has 1 fully saturated rings. The van der Waals surface area contributed by atoms with Gasteiger partial charge in [0.2, 0.25) is 0 Å². The molecule has 2 amide bonds. The average Bonchev–Trinajstić information content (AvgIpc) is 3.09. The standard InChI is InChI=1S/C13H18N2O3S/c1-13(11(16)17,9-5-6-9)14-12(18)15(2)8-10-4-3-7-19-10/h3-4,7,9H,5-6,8H2,1-2H3,(H,14,18)(H,16,17). The van der Waals surface area contributed by atoms with Gasteiger partial charge < -0.3 is 15.3 Å². The van der Waals surface area contributed by atoms with Crippen LogP contribution in [0.25, 0.3) is 0 Å². The maximum atomic E-state index is 12.1. The molecule has 1 unspecified atom stereocenters. The lowest BCUT2D eigenvalue weighted by Gasteiger charge is -2.29. The van der Waals surface area contributed by atoms with E-state index in [0.29, 0.717) is 6.54 Å². The van der Waals surface area contributed by atoms with Gasteiger partial charge in [-0.1, -0.05) is 6.07 Å². The molecular formula is C13H18N2O3S. The minimum atomic E-state index is -1.15. The second kappa shape index (κ2) is 5.21. The van der Waals surface area contributed by atoms with Crippen molar-refractivity contribution < 1.29 is 14.7 Å². The summed E-state index contributed by atoms with van der Waals surface area (Å²) in [6.07, 6.45) is 1.72. The van der Waals surface area contributed by atoms with Crippen LogP contribution in [0.1, 0.15) is 24.6 Å². The van der Waals surface area contributed by atoms with Crippen LogP contribution in [0.5, 0.6) is 0 Å². The lowest BCUT2D eigenvalue weighted by molar-refractivity contribution is -0.144. The Morgan fingerprint density at radius 2 is 2.26 bits per heavy atom. The Hall–Kier alpha value is -1.56. The number of amides is 2. The number of hydrogen-bond donors (Lipinski definition) is 2. The molecule has 0 aliphatic heterocycles. The number of aliphatic carboxylic acids is 1. The molecule has 104 valence electrons. The third-order valence-electron chi connectivity index (χ3n) is 3.52. The normalized spacial score (nSPS) is 17.6. The summed E-state index contributed by atoms with van der Waals surface area (Å²) in [6, 6.07) is 3.54. The summed E-state index contributed by atoms with van der Waals surface area (Å²) in [5.41, 5.74) is -1.15. The van der Waals surface area contributed by atoms with Crippen molar-refractivity contribution in [1.29, 1.82) is 0 Å². The van der Waals surface area contributed by atoms with Crippen molar-refractivity contribution in [2.75, 3.05) is 7.05 Å². The molecule has 2 rings (SSSR count). The fraction of sp³-hybridized carbons (Fsp3) is 0.538. The van der Waals surface area contributed by atoms with E-state index in [-0.39, 0.29) is 11.9 Å². The number of carbonyl (C=O) groups is 2. The van der Waals surface area contributed by atoms with Crippen LogP contribution in [0, 0.1) is 5.92 Å². The molecule has 1 aliphatic carbocycles. The number of rotatable bonds is 5. The van der Waals surface area contributed by atoms with Crippen molar-refractivity contribution >= 4 is 23.3 Å². The van der Waals surface area contributed by atoms with Gasteiger partial charge in [0.15, 0.2) is 0 Å². The van der Waals surface area contributed by atoms with Crippen LogP contribution in [0.3, 0.4) is 0 Å². The first-order valence-electron chi connectivity index (χ1n) is 6.22. The van der Waals surface area contributed by atoms with E-state index in [1.54, 1.807) is 25.3 Å². The Bertz CT molecular complexity index is 470. The third-order valence-corrected chi connectivity index (χ3v) is 4.39. The Balaban J connectivity index is 1.97. The number of nitrogens with one attached hydrogen (secondary N) is 1. The number of carboxylic acid groups (broad SMARTS) is 1. The summed E-state index contributed by atoms with van der Waals surface area (Å²) in [7, 11) is 1.67. The van der Waals surface area contributed by atoms with Gasteiger partial charge in [0.1, 0.15) is 5.54 Å². The molecule has 1 saturated carbocycles. The third kappa shape index (κ3) is 3.07. The number of hydrogen-bond acceptors (Lipinski definition) is 3. The van der Waals surface area contributed by atoms with Crippen molar-refractivity contribution in [2.24, 2.45) is 5.92 Å². The first-order valence-corrected chi connectivity index (χ1v) is 7.10. The summed E-state index contributed by atoms with van der Waals surface area (Å²) in [6.45, 7) is 2.08. The molecular weight excluding hydrogens is 264 g/mol. The van der Waals surface area contributed by atoms with Crippen LogP contribution in [0.15, 0.2) is 17.5 Å². The molecule has 0 bridgehead atoms. The fourth-order valence-corrected chi connectivity index (χ4v) is 2.77. The summed E-state index contributed by atoms with van der Waals surface area (Å²) in [5, 5.41) is 13.9. The van der Waals surface area contributed by atoms with Gasteiger partial charge in [-0.3, -0.25) is 0 Å². The summed E-state index contributed by atoms with van der Waals surface area (Å²) < 4.78 is 0. The van der Waals surface area contributed by atoms with Crippen molar-refractivity contribution in [1.82, 2.24) is 10.2 Å². The lowest BCUT2D eigenvalue weighted by atomic mass is 9.96. The molecule has 19 heavy (non-hydrogen) atoms. The Labute approximate surface area is 116 Å². The molecule has 6 heteroatoms. The summed E-state index contributed by atoms with van der Waals surface area (Å²) in [5.74, 6) is -0.919. The minimum absolute atomic E-state index is 0.0455. The van der Waals surface area contributed by atoms with Crippen LogP contribution in [-0.2, 0) is 11.3 Å². The van der Waals surface area contributed by atoms with Gasteiger partial charge in [0.05, 0.1) is 6.54 Å². The fourth-order valence-electron chi connectivity index (χ4n) is 2.02. The number of carbonyl (C=O) groups excluding carboxylic acids is 1. The van der Waals surface area contributed by atoms with Crippen molar-refractivity contribution in [3.63, 3.8) is 0 Å². The lowest BCUT2D eigenvalue weighted by Crippen LogP contribution is -2.56. The number of thiophene rings is 1. The minimum Gasteiger partial charge on any atom is -0.480 e. The number of carboxylic acids is 1. The molecule has 2 N–H and O–H groups in total. The quantitative estimate of drug-likeness (QED) is 0.869. The monoisotopic (exact) mass is 282 g/mol. The summed E-state index contributed by atoms with van der Waals surface area (Å²) >= 11 is 1.57. The van der Waals surface area contributed by atoms with Crippen LogP contribution < -0.4 is 5.32 Å². The van der Waals surface area contributed by atoms with Gasteiger partial charge in [0.25, 0.3) is 0 Å². The van der Waals surface area contributed by atoms with Crippen molar-refractivity contribution in [2.45, 2.75) is 31.8 Å². The van der Waals surface area contributed by atoms with E-state index in [9.17, 15) is 14.7 Å². The molecule has 1 aromatic heterocycles. The van der Waals surface area contributed by atoms with E-state index in [4.69, 9.17) is 0 Å². The van der Waals surface area contributed by atoms with Crippen molar-refractivity contribution in [3.8, 4) is 0 Å². The van der Waals surface area contributed by atoms with Crippen LogP contribution in [-0.4, -0.2) is 34.6 Å². The van der Waals surface area contributed by atoms with E-state index in [0.717, 1.165) is 17.7 Å². The highest BCUT2D eigenvalue weighted by Crippen LogP contribution is 2.39. The highest BCUT2D eigenvalue weighted by molar-refractivity contribution is 7.09. The first-order chi connectivity index (χ1) is 8.93. The Morgan fingerprint density at radius 3 is 2.74 bits per heavy atom. The molecule has 0 radical (unpaired) electrons. The number of urea groups is 1. The molecule has 0 spiro atoms. The van der Waals surface area contributed by atoms with Gasteiger partial charge in [-0.15, -0.1) is 11.3 Å². The zero-order chi connectivity index (χ0) is 14.0. The summed E-state index contributed by atoms with van der Waals surface area (Å²) in [4.78, 5) is 26.0. The van der Waals surface area contributed by atoms with E-state index in [2.05, 4.69) is 5.32 Å². The maximum Gasteiger partial charge on any atom is 0.329 e. The maximum absolute atomic E-state index is 12.1. The van der Waals surface area contributed by atoms with Crippen LogP contribution >= 0.6 is 11.3 Å². The molecule has 5 nitrogen and oxygen atoms in total. The number of nitrogens with zero attached hydrogens (tertiary/aromatic N) is 1. The second-order valence-electron chi connectivity index (χ2n) is 5.15. The molecule has 1 aromatic rings. The highest BCUT2D eigenvalue weighted by atomic mass is 32.1. The Morgan fingerprint density at radius 1 is 1.58 bits per heavy atom. The molecule has 1 atom stereocenters. The van der Waals surface area contributed by atoms with Gasteiger partial charge in [0, 0.05) is 11.9 Å². The second-order valence-corrected chi connectivity index (χ2v) is 6.18. The van der Waals surface area contributed by atoms with Crippen LogP contribution in [0.2, 0.25) is 0 Å². The smallest absolute Gasteiger partial charge is 0.329 e. The topological polar surface area (TPSA) is 69.6 Å². The first kappa shape index (κ1) is 13.9. The molecule has 1 aliphatic rings. The van der Waals surface area contributed by atoms with Gasteiger partial charge in [-0.2, -0.15) is 0 Å². The van der Waals surface area contributed by atoms with E-state index >= 15 is 0 Å². The van der Waals surface area contributed by atoms with Crippen LogP contribution in [0.4, 0.5) is 4.79 Å². The van der Waals surface area contributed by atoms with Gasteiger partial charge >= 0.3 is 12.0 Å².